The first-order valence-electron chi connectivity index (χ1n) is 4.55. The number of nitrogens with zero attached hydrogens (tertiary/aromatic N) is 1. The maximum Gasteiger partial charge on any atom is 0.0817 e. The fraction of sp³-hybridized carbons (Fsp3) is 0.800. The first-order chi connectivity index (χ1) is 5.12. The van der Waals surface area contributed by atoms with Crippen molar-refractivity contribution in [3.05, 3.63) is 12.7 Å². The van der Waals surface area contributed by atoms with Crippen LogP contribution in [-0.2, 0) is 0 Å². The molecule has 0 aliphatic heterocycles. The van der Waals surface area contributed by atoms with Crippen LogP contribution in [0.15, 0.2) is 12.7 Å². The van der Waals surface area contributed by atoms with Crippen molar-refractivity contribution < 1.29 is 4.48 Å². The van der Waals surface area contributed by atoms with Crippen molar-refractivity contribution >= 4 is 0 Å². The minimum Gasteiger partial charge on any atom is -0.328 e. The highest BCUT2D eigenvalue weighted by atomic mass is 15.3. The molecule has 0 bridgehead atoms. The molecule has 0 rings (SSSR count). The molecule has 0 saturated carbocycles. The van der Waals surface area contributed by atoms with Gasteiger partial charge < -0.3 is 4.48 Å². The van der Waals surface area contributed by atoms with Gasteiger partial charge >= 0.3 is 0 Å². The van der Waals surface area contributed by atoms with Crippen LogP contribution in [0.4, 0.5) is 0 Å². The van der Waals surface area contributed by atoms with Crippen LogP contribution in [0.3, 0.4) is 0 Å². The Morgan fingerprint density at radius 3 is 2.36 bits per heavy atom. The summed E-state index contributed by atoms with van der Waals surface area (Å²) in [6, 6.07) is 0. The molecule has 0 radical (unpaired) electrons. The quantitative estimate of drug-likeness (QED) is 0.409. The third kappa shape index (κ3) is 6.11. The van der Waals surface area contributed by atoms with Crippen LogP contribution in [0.5, 0.6) is 0 Å². The third-order valence-electron chi connectivity index (χ3n) is 2.06. The Bertz CT molecular complexity index is 105. The third-order valence-corrected chi connectivity index (χ3v) is 2.06. The zero-order valence-electron chi connectivity index (χ0n) is 8.27. The molecule has 0 aromatic heterocycles. The fourth-order valence-corrected chi connectivity index (χ4v) is 1.14. The smallest absolute Gasteiger partial charge is 0.0817 e. The van der Waals surface area contributed by atoms with E-state index >= 15 is 0 Å². The van der Waals surface area contributed by atoms with Gasteiger partial charge in [0.2, 0.25) is 0 Å². The van der Waals surface area contributed by atoms with Crippen molar-refractivity contribution in [3.8, 4) is 0 Å². The van der Waals surface area contributed by atoms with Gasteiger partial charge in [-0.25, -0.2) is 0 Å². The van der Waals surface area contributed by atoms with Crippen molar-refractivity contribution in [1.29, 1.82) is 0 Å². The predicted molar refractivity (Wildman–Crippen MR) is 51.6 cm³/mol. The summed E-state index contributed by atoms with van der Waals surface area (Å²) < 4.78 is 1.14. The molecule has 0 heterocycles. The fourth-order valence-electron chi connectivity index (χ4n) is 1.14. The van der Waals surface area contributed by atoms with Gasteiger partial charge in [0.05, 0.1) is 27.2 Å². The molecular formula is C10H22N+. The lowest BCUT2D eigenvalue weighted by Gasteiger charge is -2.29. The minimum atomic E-state index is 1.14. The molecule has 0 unspecified atom stereocenters. The second-order valence-electron chi connectivity index (χ2n) is 3.81. The lowest BCUT2D eigenvalue weighted by molar-refractivity contribution is -0.890. The Hall–Kier alpha value is -0.300. The normalized spacial score (nSPS) is 11.5. The molecule has 0 saturated heterocycles. The Morgan fingerprint density at radius 2 is 1.91 bits per heavy atom. The van der Waals surface area contributed by atoms with Gasteiger partial charge in [-0.3, -0.25) is 0 Å². The Balaban J connectivity index is 3.51. The van der Waals surface area contributed by atoms with E-state index in [9.17, 15) is 0 Å². The zero-order chi connectivity index (χ0) is 8.74. The Kier molecular flexibility index (Phi) is 5.22. The molecule has 1 nitrogen and oxygen atoms in total. The van der Waals surface area contributed by atoms with E-state index in [1.807, 2.05) is 6.08 Å². The first-order valence-corrected chi connectivity index (χ1v) is 4.55. The molecule has 0 aromatic rings. The van der Waals surface area contributed by atoms with Crippen LogP contribution in [-0.4, -0.2) is 31.7 Å². The van der Waals surface area contributed by atoms with E-state index in [-0.39, 0.29) is 0 Å². The average molecular weight is 156 g/mol. The second-order valence-corrected chi connectivity index (χ2v) is 3.81. The first kappa shape index (κ1) is 10.7. The molecule has 11 heavy (non-hydrogen) atoms. The molecule has 0 amide bonds. The van der Waals surface area contributed by atoms with Gasteiger partial charge in [0.1, 0.15) is 0 Å². The Morgan fingerprint density at radius 1 is 1.27 bits per heavy atom. The zero-order valence-corrected chi connectivity index (χ0v) is 8.27. The van der Waals surface area contributed by atoms with Gasteiger partial charge in [0.25, 0.3) is 0 Å². The Labute approximate surface area is 71.3 Å². The van der Waals surface area contributed by atoms with Gasteiger partial charge in [-0.2, -0.15) is 0 Å². The highest BCUT2D eigenvalue weighted by Crippen LogP contribution is 2.02. The molecule has 0 fully saturated rings. The van der Waals surface area contributed by atoms with E-state index < -0.39 is 0 Å². The van der Waals surface area contributed by atoms with Crippen molar-refractivity contribution in [1.82, 2.24) is 0 Å². The standard InChI is InChI=1S/C10H22N/c1-5-7-9-11(3,4)10-8-6-2/h5H,1,6-10H2,2-4H3/q+1. The van der Waals surface area contributed by atoms with Gasteiger partial charge in [-0.1, -0.05) is 19.4 Å². The van der Waals surface area contributed by atoms with Crippen LogP contribution >= 0.6 is 0 Å². The molecule has 0 spiro atoms. The van der Waals surface area contributed by atoms with E-state index in [1.165, 1.54) is 25.9 Å². The molecule has 1 heteroatoms. The molecule has 0 atom stereocenters. The second kappa shape index (κ2) is 5.36. The highest BCUT2D eigenvalue weighted by Gasteiger charge is 2.11. The summed E-state index contributed by atoms with van der Waals surface area (Å²) in [5.41, 5.74) is 0. The largest absolute Gasteiger partial charge is 0.328 e. The summed E-state index contributed by atoms with van der Waals surface area (Å²) in [5, 5.41) is 0. The van der Waals surface area contributed by atoms with E-state index in [0.717, 1.165) is 10.9 Å². The van der Waals surface area contributed by atoms with Gasteiger partial charge in [0.15, 0.2) is 0 Å². The monoisotopic (exact) mass is 156 g/mol. The van der Waals surface area contributed by atoms with E-state index in [0.29, 0.717) is 0 Å². The SMILES string of the molecule is C=CCC[N+](C)(C)CCCC. The minimum absolute atomic E-state index is 1.14. The molecular weight excluding hydrogens is 134 g/mol. The van der Waals surface area contributed by atoms with Crippen LogP contribution in [0.25, 0.3) is 0 Å². The molecule has 0 aliphatic rings. The van der Waals surface area contributed by atoms with Crippen molar-refractivity contribution in [2.45, 2.75) is 26.2 Å². The lowest BCUT2D eigenvalue weighted by Crippen LogP contribution is -2.40. The summed E-state index contributed by atoms with van der Waals surface area (Å²) in [6.45, 7) is 8.50. The van der Waals surface area contributed by atoms with Crippen molar-refractivity contribution in [2.24, 2.45) is 0 Å². The van der Waals surface area contributed by atoms with Crippen LogP contribution in [0.1, 0.15) is 26.2 Å². The lowest BCUT2D eigenvalue weighted by atomic mass is 10.2. The number of hydrogen-bond donors (Lipinski definition) is 0. The van der Waals surface area contributed by atoms with E-state index in [4.69, 9.17) is 0 Å². The summed E-state index contributed by atoms with van der Waals surface area (Å²) >= 11 is 0. The summed E-state index contributed by atoms with van der Waals surface area (Å²) in [7, 11) is 4.58. The van der Waals surface area contributed by atoms with E-state index in [2.05, 4.69) is 27.6 Å². The average Bonchev–Trinajstić information content (AvgIpc) is 1.97. The summed E-state index contributed by atoms with van der Waals surface area (Å²) in [6.07, 6.45) is 5.78. The predicted octanol–water partition coefficient (Wildman–Crippen LogP) is 2.44. The molecule has 66 valence electrons. The summed E-state index contributed by atoms with van der Waals surface area (Å²) in [5.74, 6) is 0. The van der Waals surface area contributed by atoms with Gasteiger partial charge in [-0.15, -0.1) is 6.58 Å². The number of hydrogen-bond acceptors (Lipinski definition) is 0. The van der Waals surface area contributed by atoms with Gasteiger partial charge in [-0.05, 0) is 6.42 Å². The van der Waals surface area contributed by atoms with Crippen LogP contribution < -0.4 is 0 Å². The van der Waals surface area contributed by atoms with Crippen LogP contribution in [0.2, 0.25) is 0 Å². The van der Waals surface area contributed by atoms with Crippen LogP contribution in [0, 0.1) is 0 Å². The number of unbranched alkanes of at least 4 members (excludes halogenated alkanes) is 1. The maximum absolute atomic E-state index is 3.73. The topological polar surface area (TPSA) is 0 Å². The molecule has 0 aliphatic carbocycles. The van der Waals surface area contributed by atoms with E-state index in [1.54, 1.807) is 0 Å². The highest BCUT2D eigenvalue weighted by molar-refractivity contribution is 4.64. The molecule has 0 aromatic carbocycles. The van der Waals surface area contributed by atoms with Crippen molar-refractivity contribution in [3.63, 3.8) is 0 Å². The summed E-state index contributed by atoms with van der Waals surface area (Å²) in [4.78, 5) is 0. The molecule has 0 N–H and O–H groups in total. The van der Waals surface area contributed by atoms with Crippen molar-refractivity contribution in [2.75, 3.05) is 27.2 Å². The number of quaternary nitrogens is 1. The maximum atomic E-state index is 3.73. The number of rotatable bonds is 6. The van der Waals surface area contributed by atoms with Gasteiger partial charge in [0, 0.05) is 6.42 Å².